The Hall–Kier alpha value is -1.53. The fourth-order valence-corrected chi connectivity index (χ4v) is 3.92. The highest BCUT2D eigenvalue weighted by atomic mass is 16.7. The van der Waals surface area contributed by atoms with Crippen molar-refractivity contribution in [1.29, 1.82) is 0 Å². The van der Waals surface area contributed by atoms with Gasteiger partial charge in [0.25, 0.3) is 0 Å². The Morgan fingerprint density at radius 1 is 1.04 bits per heavy atom. The van der Waals surface area contributed by atoms with Gasteiger partial charge in [-0.3, -0.25) is 4.40 Å². The molecule has 0 radical (unpaired) electrons. The Morgan fingerprint density at radius 3 is 2.19 bits per heavy atom. The summed E-state index contributed by atoms with van der Waals surface area (Å²) in [7, 11) is -0.378. The van der Waals surface area contributed by atoms with Gasteiger partial charge in [0.2, 0.25) is 0 Å². The normalized spacial score (nSPS) is 19.7. The second-order valence-corrected chi connectivity index (χ2v) is 10.7. The van der Waals surface area contributed by atoms with Crippen LogP contribution >= 0.6 is 0 Å². The smallest absolute Gasteiger partial charge is 0.399 e. The predicted molar refractivity (Wildman–Crippen MR) is 113 cm³/mol. The maximum Gasteiger partial charge on any atom is 0.496 e. The molecule has 0 atom stereocenters. The highest BCUT2D eigenvalue weighted by Gasteiger charge is 2.51. The minimum atomic E-state index is -0.378. The third kappa shape index (κ3) is 4.17. The lowest BCUT2D eigenvalue weighted by molar-refractivity contribution is 0.00578. The van der Waals surface area contributed by atoms with Gasteiger partial charge in [0.15, 0.2) is 0 Å². The van der Waals surface area contributed by atoms with Crippen molar-refractivity contribution in [2.24, 2.45) is 5.41 Å². The zero-order valence-corrected chi connectivity index (χ0v) is 18.3. The lowest BCUT2D eigenvalue weighted by Crippen LogP contribution is -2.41. The van der Waals surface area contributed by atoms with Crippen molar-refractivity contribution in [3.63, 3.8) is 0 Å². The Kier molecular flexibility index (Phi) is 4.68. The molecule has 1 aliphatic heterocycles. The van der Waals surface area contributed by atoms with E-state index in [4.69, 9.17) is 9.31 Å². The fourth-order valence-electron chi connectivity index (χ4n) is 3.92. The lowest BCUT2D eigenvalue weighted by atomic mass is 9.80. The van der Waals surface area contributed by atoms with E-state index in [0.29, 0.717) is 0 Å². The molecule has 0 unspecified atom stereocenters. The topological polar surface area (TPSA) is 47.8 Å². The van der Waals surface area contributed by atoms with E-state index in [0.717, 1.165) is 23.3 Å². The Labute approximate surface area is 164 Å². The van der Waals surface area contributed by atoms with E-state index in [9.17, 15) is 0 Å². The summed E-state index contributed by atoms with van der Waals surface area (Å²) in [6.07, 6.45) is 5.01. The largest absolute Gasteiger partial charge is 0.496 e. The molecule has 1 fully saturated rings. The molecule has 0 saturated carbocycles. The average molecular weight is 371 g/mol. The second kappa shape index (κ2) is 6.24. The van der Waals surface area contributed by atoms with Crippen LogP contribution in [0.3, 0.4) is 0 Å². The first-order valence-electron chi connectivity index (χ1n) is 9.80. The highest BCUT2D eigenvalue weighted by molar-refractivity contribution is 6.62. The molecular formula is C21H34BN3O2. The first-order chi connectivity index (χ1) is 12.2. The molecule has 5 nitrogen and oxygen atoms in total. The molecule has 0 spiro atoms. The van der Waals surface area contributed by atoms with E-state index in [1.807, 2.05) is 18.3 Å². The van der Waals surface area contributed by atoms with Gasteiger partial charge in [-0.25, -0.2) is 4.98 Å². The maximum absolute atomic E-state index is 6.21. The molecule has 2 aromatic rings. The zero-order valence-electron chi connectivity index (χ0n) is 18.3. The average Bonchev–Trinajstić information content (AvgIpc) is 2.94. The van der Waals surface area contributed by atoms with Crippen molar-refractivity contribution in [1.82, 2.24) is 9.38 Å². The van der Waals surface area contributed by atoms with Gasteiger partial charge >= 0.3 is 7.12 Å². The number of rotatable bonds is 4. The molecule has 0 aliphatic carbocycles. The quantitative estimate of drug-likeness (QED) is 0.816. The van der Waals surface area contributed by atoms with E-state index in [-0.39, 0.29) is 29.3 Å². The van der Waals surface area contributed by atoms with Crippen LogP contribution in [0, 0.1) is 5.41 Å². The van der Waals surface area contributed by atoms with Crippen molar-refractivity contribution in [3.8, 4) is 0 Å². The number of hydrogen-bond donors (Lipinski definition) is 1. The van der Waals surface area contributed by atoms with Gasteiger partial charge in [0, 0.05) is 11.7 Å². The molecule has 1 saturated heterocycles. The van der Waals surface area contributed by atoms with Crippen LogP contribution in [0.5, 0.6) is 0 Å². The van der Waals surface area contributed by atoms with Crippen molar-refractivity contribution in [2.75, 3.05) is 5.32 Å². The number of nitrogens with one attached hydrogen (secondary N) is 1. The van der Waals surface area contributed by atoms with Gasteiger partial charge in [-0.15, -0.1) is 0 Å². The van der Waals surface area contributed by atoms with Crippen LogP contribution in [-0.4, -0.2) is 33.2 Å². The molecule has 0 amide bonds. The van der Waals surface area contributed by atoms with E-state index < -0.39 is 0 Å². The number of nitrogens with zero attached hydrogens (tertiary/aromatic N) is 2. The van der Waals surface area contributed by atoms with Crippen LogP contribution in [0.4, 0.5) is 5.82 Å². The third-order valence-corrected chi connectivity index (χ3v) is 5.49. The van der Waals surface area contributed by atoms with Gasteiger partial charge < -0.3 is 14.6 Å². The first-order valence-corrected chi connectivity index (χ1v) is 9.80. The first kappa shape index (κ1) is 20.2. The van der Waals surface area contributed by atoms with Crippen LogP contribution in [0.15, 0.2) is 24.5 Å². The summed E-state index contributed by atoms with van der Waals surface area (Å²) >= 11 is 0. The van der Waals surface area contributed by atoms with Crippen LogP contribution in [0.25, 0.3) is 5.65 Å². The summed E-state index contributed by atoms with van der Waals surface area (Å²) in [5, 5.41) is 3.67. The van der Waals surface area contributed by atoms with Crippen molar-refractivity contribution in [3.05, 3.63) is 24.5 Å². The summed E-state index contributed by atoms with van der Waals surface area (Å²) in [4.78, 5) is 4.54. The SMILES string of the molecule is CC(C)(C)CC(C)(C)Nc1cnc2ccc(B3OC(C)(C)C(C)(C)O3)cn12. The molecule has 2 aromatic heterocycles. The molecule has 6 heteroatoms. The summed E-state index contributed by atoms with van der Waals surface area (Å²) in [5.74, 6) is 0.984. The molecule has 0 aromatic carbocycles. The fraction of sp³-hybridized carbons (Fsp3) is 0.667. The summed E-state index contributed by atoms with van der Waals surface area (Å²) in [5.41, 5.74) is 1.40. The number of hydrogen-bond acceptors (Lipinski definition) is 4. The van der Waals surface area contributed by atoms with Gasteiger partial charge in [0.05, 0.1) is 17.4 Å². The molecule has 1 aliphatic rings. The van der Waals surface area contributed by atoms with E-state index in [2.05, 4.69) is 83.2 Å². The number of imidazole rings is 1. The van der Waals surface area contributed by atoms with E-state index in [1.54, 1.807) is 0 Å². The number of aromatic nitrogens is 2. The standard InChI is InChI=1S/C21H34BN3O2/c1-18(2,3)14-19(4,5)24-17-12-23-16-11-10-15(13-25(16)17)22-26-20(6,7)21(8,9)27-22/h10-13,24H,14H2,1-9H3. The minimum absolute atomic E-state index is 0.0471. The zero-order chi connectivity index (χ0) is 20.3. The van der Waals surface area contributed by atoms with Crippen molar-refractivity contribution in [2.45, 2.75) is 85.5 Å². The van der Waals surface area contributed by atoms with Crippen LogP contribution in [-0.2, 0) is 9.31 Å². The Balaban J connectivity index is 1.89. The summed E-state index contributed by atoms with van der Waals surface area (Å²) in [6.45, 7) is 19.6. The maximum atomic E-state index is 6.21. The number of pyridine rings is 1. The summed E-state index contributed by atoms with van der Waals surface area (Å²) < 4.78 is 14.5. The molecule has 27 heavy (non-hydrogen) atoms. The van der Waals surface area contributed by atoms with Gasteiger partial charge in [-0.2, -0.15) is 0 Å². The second-order valence-electron chi connectivity index (χ2n) is 10.7. The third-order valence-electron chi connectivity index (χ3n) is 5.49. The molecular weight excluding hydrogens is 337 g/mol. The minimum Gasteiger partial charge on any atom is -0.399 e. The van der Waals surface area contributed by atoms with Crippen LogP contribution in [0.2, 0.25) is 0 Å². The number of anilines is 1. The molecule has 148 valence electrons. The molecule has 1 N–H and O–H groups in total. The van der Waals surface area contributed by atoms with Gasteiger partial charge in [-0.05, 0) is 64.9 Å². The van der Waals surface area contributed by atoms with Crippen molar-refractivity contribution >= 4 is 24.0 Å². The highest BCUT2D eigenvalue weighted by Crippen LogP contribution is 2.36. The van der Waals surface area contributed by atoms with Crippen molar-refractivity contribution < 1.29 is 9.31 Å². The molecule has 0 bridgehead atoms. The molecule has 3 rings (SSSR count). The van der Waals surface area contributed by atoms with Crippen LogP contribution in [0.1, 0.15) is 68.7 Å². The lowest BCUT2D eigenvalue weighted by Gasteiger charge is -2.33. The van der Waals surface area contributed by atoms with Gasteiger partial charge in [-0.1, -0.05) is 26.8 Å². The Bertz CT molecular complexity index is 818. The van der Waals surface area contributed by atoms with Crippen LogP contribution < -0.4 is 10.8 Å². The Morgan fingerprint density at radius 2 is 1.63 bits per heavy atom. The monoisotopic (exact) mass is 371 g/mol. The predicted octanol–water partition coefficient (Wildman–Crippen LogP) is 4.26. The summed E-state index contributed by atoms with van der Waals surface area (Å²) in [6, 6.07) is 4.05. The van der Waals surface area contributed by atoms with Gasteiger partial charge in [0.1, 0.15) is 11.5 Å². The molecule has 3 heterocycles. The van der Waals surface area contributed by atoms with E-state index >= 15 is 0 Å². The van der Waals surface area contributed by atoms with E-state index in [1.165, 1.54) is 0 Å². The number of fused-ring (bicyclic) bond motifs is 1.